The Hall–Kier alpha value is -3.83. The lowest BCUT2D eigenvalue weighted by Gasteiger charge is -2.24. The van der Waals surface area contributed by atoms with Gasteiger partial charge in [-0.25, -0.2) is 8.42 Å². The molecule has 0 spiro atoms. The number of rotatable bonds is 5. The lowest BCUT2D eigenvalue weighted by molar-refractivity contribution is 0.517. The molecule has 1 aliphatic carbocycles. The number of para-hydroxylation sites is 1. The summed E-state index contributed by atoms with van der Waals surface area (Å²) in [6.45, 7) is 1.96. The molecule has 0 bridgehead atoms. The van der Waals surface area contributed by atoms with Crippen LogP contribution in [0.1, 0.15) is 35.4 Å². The highest BCUT2D eigenvalue weighted by Crippen LogP contribution is 2.49. The van der Waals surface area contributed by atoms with Crippen molar-refractivity contribution in [3.8, 4) is 0 Å². The highest BCUT2D eigenvalue weighted by atomic mass is 32.2. The number of sulfonamides is 1. The molecule has 6 rings (SSSR count). The van der Waals surface area contributed by atoms with Gasteiger partial charge in [0, 0.05) is 35.8 Å². The zero-order valence-corrected chi connectivity index (χ0v) is 21.2. The van der Waals surface area contributed by atoms with Crippen LogP contribution in [-0.2, 0) is 10.0 Å². The van der Waals surface area contributed by atoms with E-state index in [1.165, 1.54) is 20.6 Å². The number of benzene rings is 4. The van der Waals surface area contributed by atoms with E-state index in [1.54, 1.807) is 19.2 Å². The summed E-state index contributed by atoms with van der Waals surface area (Å²) in [4.78, 5) is 3.73. The number of aromatic nitrogens is 1. The number of nitrogens with one attached hydrogen (secondary N) is 1. The highest BCUT2D eigenvalue weighted by molar-refractivity contribution is 7.89. The van der Waals surface area contributed by atoms with Crippen molar-refractivity contribution < 1.29 is 8.42 Å². The third-order valence-corrected chi connectivity index (χ3v) is 9.26. The van der Waals surface area contributed by atoms with E-state index in [0.29, 0.717) is 11.3 Å². The average molecular weight is 493 g/mol. The molecule has 0 fully saturated rings. The molecule has 4 aromatic carbocycles. The lowest BCUT2D eigenvalue weighted by Crippen LogP contribution is -2.26. The maximum Gasteiger partial charge on any atom is 0.263 e. The van der Waals surface area contributed by atoms with Crippen LogP contribution < -0.4 is 0 Å². The summed E-state index contributed by atoms with van der Waals surface area (Å²) >= 11 is 0. The molecule has 0 saturated heterocycles. The predicted octanol–water partition coefficient (Wildman–Crippen LogP) is 7.24. The van der Waals surface area contributed by atoms with E-state index in [-0.39, 0.29) is 5.92 Å². The molecule has 1 N–H and O–H groups in total. The van der Waals surface area contributed by atoms with Crippen molar-refractivity contribution >= 4 is 37.3 Å². The van der Waals surface area contributed by atoms with E-state index in [2.05, 4.69) is 59.7 Å². The number of aromatic amines is 1. The van der Waals surface area contributed by atoms with Crippen molar-refractivity contribution in [2.75, 3.05) is 7.05 Å². The number of hydrogen-bond acceptors (Lipinski definition) is 2. The van der Waals surface area contributed by atoms with Gasteiger partial charge in [0.25, 0.3) is 10.0 Å². The zero-order valence-electron chi connectivity index (χ0n) is 20.4. The molecule has 180 valence electrons. The standard InChI is InChI=1S/C31H28N2O2S/c1-21-11-15-25(16-12-21)36(34,35)33(2)30-18-17-27(28-20-32-29-10-6-5-9-26(28)29)31(30)24-14-13-22-7-3-4-8-23(22)19-24/h3-16,19-20,27,32H,17-18H2,1-2H3/t27-/m1/s1. The van der Waals surface area contributed by atoms with Gasteiger partial charge in [-0.3, -0.25) is 4.31 Å². The molecule has 1 aromatic heterocycles. The van der Waals surface area contributed by atoms with Crippen molar-refractivity contribution in [2.24, 2.45) is 0 Å². The molecule has 4 nitrogen and oxygen atoms in total. The molecule has 0 amide bonds. The van der Waals surface area contributed by atoms with Crippen LogP contribution in [0.3, 0.4) is 0 Å². The molecule has 5 heteroatoms. The Morgan fingerprint density at radius 2 is 1.58 bits per heavy atom. The molecule has 1 aliphatic rings. The largest absolute Gasteiger partial charge is 0.361 e. The first kappa shape index (κ1) is 22.6. The molecule has 0 unspecified atom stereocenters. The Kier molecular flexibility index (Phi) is 5.45. The van der Waals surface area contributed by atoms with E-state index in [0.717, 1.165) is 39.7 Å². The van der Waals surface area contributed by atoms with E-state index in [4.69, 9.17) is 0 Å². The normalized spacial score (nSPS) is 16.2. The smallest absolute Gasteiger partial charge is 0.263 e. The third kappa shape index (κ3) is 3.71. The second kappa shape index (κ2) is 8.68. The minimum Gasteiger partial charge on any atom is -0.361 e. The quantitative estimate of drug-likeness (QED) is 0.281. The van der Waals surface area contributed by atoms with Gasteiger partial charge in [0.1, 0.15) is 0 Å². The molecule has 1 heterocycles. The van der Waals surface area contributed by atoms with Gasteiger partial charge in [-0.15, -0.1) is 0 Å². The number of allylic oxidation sites excluding steroid dienone is 2. The molecular weight excluding hydrogens is 464 g/mol. The fourth-order valence-corrected chi connectivity index (χ4v) is 6.80. The molecular formula is C31H28N2O2S. The van der Waals surface area contributed by atoms with Crippen molar-refractivity contribution in [2.45, 2.75) is 30.6 Å². The Balaban J connectivity index is 1.54. The van der Waals surface area contributed by atoms with Crippen molar-refractivity contribution in [1.29, 1.82) is 0 Å². The Bertz CT molecular complexity index is 1730. The first-order chi connectivity index (χ1) is 17.4. The van der Waals surface area contributed by atoms with Gasteiger partial charge in [-0.1, -0.05) is 72.3 Å². The van der Waals surface area contributed by atoms with Gasteiger partial charge in [-0.05, 0) is 71.5 Å². The van der Waals surface area contributed by atoms with Crippen LogP contribution >= 0.6 is 0 Å². The molecule has 0 aliphatic heterocycles. The lowest BCUT2D eigenvalue weighted by atomic mass is 9.87. The maximum absolute atomic E-state index is 13.7. The minimum absolute atomic E-state index is 0.0907. The SMILES string of the molecule is Cc1ccc(S(=O)(=O)N(C)C2=C(c3ccc4ccccc4c3)[C@@H](c3c[nH]c4ccccc34)CC2)cc1. The van der Waals surface area contributed by atoms with Gasteiger partial charge < -0.3 is 4.98 Å². The van der Waals surface area contributed by atoms with Crippen LogP contribution in [-0.4, -0.2) is 24.8 Å². The summed E-state index contributed by atoms with van der Waals surface area (Å²) in [5.41, 5.74) is 6.37. The second-order valence-electron chi connectivity index (χ2n) is 9.59. The summed E-state index contributed by atoms with van der Waals surface area (Å²) in [5, 5.41) is 3.51. The van der Waals surface area contributed by atoms with Crippen molar-refractivity contribution in [3.05, 3.63) is 120 Å². The number of fused-ring (bicyclic) bond motifs is 2. The maximum atomic E-state index is 13.7. The monoisotopic (exact) mass is 492 g/mol. The van der Waals surface area contributed by atoms with E-state index < -0.39 is 10.0 Å². The van der Waals surface area contributed by atoms with Crippen LogP contribution in [0.25, 0.3) is 27.2 Å². The second-order valence-corrected chi connectivity index (χ2v) is 11.6. The summed E-state index contributed by atoms with van der Waals surface area (Å²) in [5.74, 6) is 0.0907. The fraction of sp³-hybridized carbons (Fsp3) is 0.161. The minimum atomic E-state index is -3.69. The molecule has 36 heavy (non-hydrogen) atoms. The van der Waals surface area contributed by atoms with E-state index >= 15 is 0 Å². The summed E-state index contributed by atoms with van der Waals surface area (Å²) < 4.78 is 28.9. The number of nitrogens with zero attached hydrogens (tertiary/aromatic N) is 1. The van der Waals surface area contributed by atoms with Gasteiger partial charge in [0.05, 0.1) is 4.90 Å². The fourth-order valence-electron chi connectivity index (χ4n) is 5.52. The van der Waals surface area contributed by atoms with Gasteiger partial charge >= 0.3 is 0 Å². The van der Waals surface area contributed by atoms with E-state index in [1.807, 2.05) is 37.3 Å². The average Bonchev–Trinajstić information content (AvgIpc) is 3.52. The molecule has 0 saturated carbocycles. The Morgan fingerprint density at radius 1 is 0.861 bits per heavy atom. The topological polar surface area (TPSA) is 53.2 Å². The molecule has 5 aromatic rings. The van der Waals surface area contributed by atoms with Crippen LogP contribution in [0.2, 0.25) is 0 Å². The number of hydrogen-bond donors (Lipinski definition) is 1. The third-order valence-electron chi connectivity index (χ3n) is 7.45. The van der Waals surface area contributed by atoms with E-state index in [9.17, 15) is 8.42 Å². The van der Waals surface area contributed by atoms with Crippen LogP contribution in [0.5, 0.6) is 0 Å². The van der Waals surface area contributed by atoms with Crippen LogP contribution in [0.15, 0.2) is 108 Å². The first-order valence-corrected chi connectivity index (χ1v) is 13.7. The van der Waals surface area contributed by atoms with Crippen molar-refractivity contribution in [1.82, 2.24) is 9.29 Å². The molecule has 1 atom stereocenters. The van der Waals surface area contributed by atoms with Crippen LogP contribution in [0.4, 0.5) is 0 Å². The predicted molar refractivity (Wildman–Crippen MR) is 147 cm³/mol. The van der Waals surface area contributed by atoms with Gasteiger partial charge in [0.2, 0.25) is 0 Å². The summed E-state index contributed by atoms with van der Waals surface area (Å²) in [6, 6.07) is 30.2. The number of H-pyrrole nitrogens is 1. The summed E-state index contributed by atoms with van der Waals surface area (Å²) in [6.07, 6.45) is 3.63. The van der Waals surface area contributed by atoms with Crippen LogP contribution in [0, 0.1) is 6.92 Å². The van der Waals surface area contributed by atoms with Crippen molar-refractivity contribution in [3.63, 3.8) is 0 Å². The summed E-state index contributed by atoms with van der Waals surface area (Å²) in [7, 11) is -1.99. The molecule has 0 radical (unpaired) electrons. The first-order valence-electron chi connectivity index (χ1n) is 12.3. The van der Waals surface area contributed by atoms with Gasteiger partial charge in [0.15, 0.2) is 0 Å². The highest BCUT2D eigenvalue weighted by Gasteiger charge is 2.35. The Labute approximate surface area is 211 Å². The Morgan fingerprint density at radius 3 is 2.39 bits per heavy atom. The number of aryl methyl sites for hydroxylation is 1. The zero-order chi connectivity index (χ0) is 24.9. The van der Waals surface area contributed by atoms with Gasteiger partial charge in [-0.2, -0.15) is 0 Å².